The molecule has 0 spiro atoms. The molecule has 5 nitrogen and oxygen atoms in total. The highest BCUT2D eigenvalue weighted by Crippen LogP contribution is 2.32. The van der Waals surface area contributed by atoms with Crippen molar-refractivity contribution in [3.05, 3.63) is 35.5 Å². The molecule has 3 rings (SSSR count). The van der Waals surface area contributed by atoms with Gasteiger partial charge in [-0.25, -0.2) is 0 Å². The third-order valence-corrected chi connectivity index (χ3v) is 4.35. The zero-order valence-corrected chi connectivity index (χ0v) is 12.4. The number of methoxy groups -OCH3 is 1. The van der Waals surface area contributed by atoms with Crippen molar-refractivity contribution < 1.29 is 14.3 Å². The van der Waals surface area contributed by atoms with Crippen LogP contribution in [0.25, 0.3) is 10.9 Å². The summed E-state index contributed by atoms with van der Waals surface area (Å²) in [5.41, 5.74) is 2.80. The fourth-order valence-electron chi connectivity index (χ4n) is 3.14. The van der Waals surface area contributed by atoms with Gasteiger partial charge in [-0.15, -0.1) is 0 Å². The Hall–Kier alpha value is -2.30. The molecule has 1 unspecified atom stereocenters. The number of nitrogens with zero attached hydrogens (tertiary/aromatic N) is 2. The maximum Gasteiger partial charge on any atom is 0.307 e. The minimum Gasteiger partial charge on any atom is -0.469 e. The number of ether oxygens (including phenoxy) is 1. The van der Waals surface area contributed by atoms with E-state index >= 15 is 0 Å². The smallest absolute Gasteiger partial charge is 0.307 e. The van der Waals surface area contributed by atoms with Crippen LogP contribution in [0.1, 0.15) is 22.5 Å². The minimum absolute atomic E-state index is 0.0381. The monoisotopic (exact) mass is 286 g/mol. The Balaban J connectivity index is 2.10. The summed E-state index contributed by atoms with van der Waals surface area (Å²) in [6.45, 7) is 0. The van der Waals surface area contributed by atoms with Gasteiger partial charge in [-0.2, -0.15) is 0 Å². The van der Waals surface area contributed by atoms with Crippen LogP contribution in [0.3, 0.4) is 0 Å². The standard InChI is InChI=1S/C16H18N2O3/c1-17-10(9-14(19)21-3)8-12-11-6-4-5-7-13(11)18(2)15(12)16(17)20/h4-7,10H,8-9H2,1-3H3. The predicted molar refractivity (Wildman–Crippen MR) is 79.1 cm³/mol. The molecule has 1 aromatic carbocycles. The number of aryl methyl sites for hydroxylation is 1. The number of amides is 1. The van der Waals surface area contributed by atoms with E-state index in [1.807, 2.05) is 35.9 Å². The zero-order chi connectivity index (χ0) is 15.1. The first-order valence-corrected chi connectivity index (χ1v) is 6.95. The molecule has 1 aliphatic rings. The number of para-hydroxylation sites is 1. The molecule has 0 saturated carbocycles. The fraction of sp³-hybridized carbons (Fsp3) is 0.375. The topological polar surface area (TPSA) is 51.5 Å². The highest BCUT2D eigenvalue weighted by atomic mass is 16.5. The summed E-state index contributed by atoms with van der Waals surface area (Å²) in [5.74, 6) is -0.327. The molecule has 2 aromatic rings. The van der Waals surface area contributed by atoms with Crippen LogP contribution >= 0.6 is 0 Å². The van der Waals surface area contributed by atoms with Crippen LogP contribution in [0.5, 0.6) is 0 Å². The van der Waals surface area contributed by atoms with Gasteiger partial charge in [0, 0.05) is 31.0 Å². The van der Waals surface area contributed by atoms with Crippen LogP contribution in [0.2, 0.25) is 0 Å². The molecule has 1 atom stereocenters. The molecule has 1 amide bonds. The normalized spacial score (nSPS) is 18.0. The molecule has 1 aromatic heterocycles. The summed E-state index contributed by atoms with van der Waals surface area (Å²) in [4.78, 5) is 25.8. The summed E-state index contributed by atoms with van der Waals surface area (Å²) < 4.78 is 6.68. The maximum absolute atomic E-state index is 12.6. The van der Waals surface area contributed by atoms with Crippen LogP contribution in [0.4, 0.5) is 0 Å². The number of carbonyl (C=O) groups is 2. The second-order valence-corrected chi connectivity index (χ2v) is 5.46. The van der Waals surface area contributed by atoms with E-state index < -0.39 is 0 Å². The van der Waals surface area contributed by atoms with E-state index in [0.717, 1.165) is 22.2 Å². The first-order valence-electron chi connectivity index (χ1n) is 6.95. The van der Waals surface area contributed by atoms with Gasteiger partial charge in [0.15, 0.2) is 0 Å². The van der Waals surface area contributed by atoms with E-state index in [0.29, 0.717) is 6.42 Å². The number of benzene rings is 1. The average Bonchev–Trinajstić information content (AvgIpc) is 2.78. The molecule has 0 aliphatic carbocycles. The molecule has 1 aliphatic heterocycles. The predicted octanol–water partition coefficient (Wildman–Crippen LogP) is 1.74. The van der Waals surface area contributed by atoms with Crippen molar-refractivity contribution >= 4 is 22.8 Å². The van der Waals surface area contributed by atoms with Gasteiger partial charge in [0.25, 0.3) is 5.91 Å². The Morgan fingerprint density at radius 2 is 2.05 bits per heavy atom. The van der Waals surface area contributed by atoms with Crippen LogP contribution in [-0.2, 0) is 23.0 Å². The third-order valence-electron chi connectivity index (χ3n) is 4.35. The molecule has 110 valence electrons. The summed E-state index contributed by atoms with van der Waals surface area (Å²) in [7, 11) is 5.03. The number of carbonyl (C=O) groups excluding carboxylic acids is 2. The van der Waals surface area contributed by atoms with Crippen LogP contribution in [0.15, 0.2) is 24.3 Å². The first-order chi connectivity index (χ1) is 10.0. The van der Waals surface area contributed by atoms with Crippen LogP contribution < -0.4 is 0 Å². The van der Waals surface area contributed by atoms with E-state index in [2.05, 4.69) is 0 Å². The largest absolute Gasteiger partial charge is 0.469 e. The molecule has 0 N–H and O–H groups in total. The zero-order valence-electron chi connectivity index (χ0n) is 12.4. The highest BCUT2D eigenvalue weighted by molar-refractivity contribution is 6.03. The maximum atomic E-state index is 12.6. The van der Waals surface area contributed by atoms with Crippen LogP contribution in [-0.4, -0.2) is 41.5 Å². The number of fused-ring (bicyclic) bond motifs is 3. The molecule has 21 heavy (non-hydrogen) atoms. The van der Waals surface area contributed by atoms with Crippen molar-refractivity contribution in [3.8, 4) is 0 Å². The van der Waals surface area contributed by atoms with Crippen molar-refractivity contribution in [3.63, 3.8) is 0 Å². The number of hydrogen-bond acceptors (Lipinski definition) is 3. The molecular formula is C16H18N2O3. The molecule has 2 heterocycles. The van der Waals surface area contributed by atoms with E-state index in [-0.39, 0.29) is 24.3 Å². The van der Waals surface area contributed by atoms with Crippen molar-refractivity contribution in [1.82, 2.24) is 9.47 Å². The Labute approximate surface area is 123 Å². The quantitative estimate of drug-likeness (QED) is 0.790. The second-order valence-electron chi connectivity index (χ2n) is 5.46. The van der Waals surface area contributed by atoms with E-state index in [4.69, 9.17) is 4.74 Å². The summed E-state index contributed by atoms with van der Waals surface area (Å²) >= 11 is 0. The summed E-state index contributed by atoms with van der Waals surface area (Å²) in [6, 6.07) is 7.83. The van der Waals surface area contributed by atoms with E-state index in [1.54, 1.807) is 11.9 Å². The Morgan fingerprint density at radius 1 is 1.33 bits per heavy atom. The lowest BCUT2D eigenvalue weighted by Crippen LogP contribution is -2.44. The minimum atomic E-state index is -0.289. The Bertz CT molecular complexity index is 732. The van der Waals surface area contributed by atoms with Gasteiger partial charge in [-0.05, 0) is 18.1 Å². The van der Waals surface area contributed by atoms with Gasteiger partial charge in [0.05, 0.1) is 13.5 Å². The van der Waals surface area contributed by atoms with E-state index in [1.165, 1.54) is 7.11 Å². The molecule has 5 heteroatoms. The van der Waals surface area contributed by atoms with Gasteiger partial charge in [-0.3, -0.25) is 9.59 Å². The fourth-order valence-corrected chi connectivity index (χ4v) is 3.14. The van der Waals surface area contributed by atoms with Crippen molar-refractivity contribution in [2.45, 2.75) is 18.9 Å². The SMILES string of the molecule is COC(=O)CC1Cc2c(n(C)c3ccccc23)C(=O)N1C. The number of aromatic nitrogens is 1. The Morgan fingerprint density at radius 3 is 2.76 bits per heavy atom. The van der Waals surface area contributed by atoms with Gasteiger partial charge in [0.1, 0.15) is 5.69 Å². The number of likely N-dealkylation sites (N-methyl/N-ethyl adjacent to an activating group) is 1. The van der Waals surface area contributed by atoms with Crippen molar-refractivity contribution in [1.29, 1.82) is 0 Å². The van der Waals surface area contributed by atoms with Gasteiger partial charge >= 0.3 is 5.97 Å². The lowest BCUT2D eigenvalue weighted by atomic mass is 9.94. The first kappa shape index (κ1) is 13.7. The third kappa shape index (κ3) is 2.00. The van der Waals surface area contributed by atoms with Crippen molar-refractivity contribution in [2.24, 2.45) is 7.05 Å². The summed E-state index contributed by atoms with van der Waals surface area (Å²) in [5, 5.41) is 1.09. The van der Waals surface area contributed by atoms with Crippen molar-refractivity contribution in [2.75, 3.05) is 14.2 Å². The lowest BCUT2D eigenvalue weighted by Gasteiger charge is -2.32. The average molecular weight is 286 g/mol. The molecule has 0 bridgehead atoms. The lowest BCUT2D eigenvalue weighted by molar-refractivity contribution is -0.141. The second kappa shape index (κ2) is 4.91. The van der Waals surface area contributed by atoms with Gasteiger partial charge in [0.2, 0.25) is 0 Å². The van der Waals surface area contributed by atoms with Gasteiger partial charge in [-0.1, -0.05) is 18.2 Å². The van der Waals surface area contributed by atoms with Gasteiger partial charge < -0.3 is 14.2 Å². The van der Waals surface area contributed by atoms with E-state index in [9.17, 15) is 9.59 Å². The van der Waals surface area contributed by atoms with Crippen LogP contribution in [0, 0.1) is 0 Å². The number of esters is 1. The summed E-state index contributed by atoms with van der Waals surface area (Å²) in [6.07, 6.45) is 0.898. The number of rotatable bonds is 2. The Kier molecular flexibility index (Phi) is 3.20. The highest BCUT2D eigenvalue weighted by Gasteiger charge is 2.35. The molecule has 0 radical (unpaired) electrons. The molecule has 0 saturated heterocycles. The number of hydrogen-bond donors (Lipinski definition) is 0. The molecule has 0 fully saturated rings. The molecular weight excluding hydrogens is 268 g/mol.